The summed E-state index contributed by atoms with van der Waals surface area (Å²) in [6.45, 7) is 9.90. The third kappa shape index (κ3) is 2.59. The van der Waals surface area contributed by atoms with E-state index in [-0.39, 0.29) is 5.82 Å². The highest BCUT2D eigenvalue weighted by atomic mass is 19.1. The van der Waals surface area contributed by atoms with Crippen molar-refractivity contribution < 1.29 is 4.39 Å². The second-order valence-electron chi connectivity index (χ2n) is 8.04. The molecule has 0 amide bonds. The van der Waals surface area contributed by atoms with E-state index in [1.165, 1.54) is 12.8 Å². The van der Waals surface area contributed by atoms with Crippen molar-refractivity contribution in [1.29, 1.82) is 0 Å². The monoisotopic (exact) mass is 314 g/mol. The van der Waals surface area contributed by atoms with Crippen molar-refractivity contribution in [2.24, 2.45) is 17.3 Å². The van der Waals surface area contributed by atoms with Gasteiger partial charge in [-0.2, -0.15) is 0 Å². The van der Waals surface area contributed by atoms with Crippen LogP contribution in [0.3, 0.4) is 0 Å². The summed E-state index contributed by atoms with van der Waals surface area (Å²) in [7, 11) is 0. The van der Waals surface area contributed by atoms with Gasteiger partial charge < -0.3 is 4.90 Å². The lowest BCUT2D eigenvalue weighted by atomic mass is 9.49. The molecule has 1 aromatic rings. The number of halogens is 1. The maximum absolute atomic E-state index is 13.9. The van der Waals surface area contributed by atoms with Gasteiger partial charge in [-0.05, 0) is 42.2 Å². The third-order valence-electron chi connectivity index (χ3n) is 6.55. The molecule has 2 fully saturated rings. The Morgan fingerprint density at radius 1 is 1.13 bits per heavy atom. The average molecular weight is 314 g/mol. The van der Waals surface area contributed by atoms with Gasteiger partial charge in [0.25, 0.3) is 0 Å². The zero-order valence-corrected chi connectivity index (χ0v) is 14.3. The largest absolute Gasteiger partial charge is 0.367 e. The van der Waals surface area contributed by atoms with Gasteiger partial charge in [-0.15, -0.1) is 0 Å². The van der Waals surface area contributed by atoms with Gasteiger partial charge in [-0.25, -0.2) is 4.39 Å². The van der Waals surface area contributed by atoms with Gasteiger partial charge in [0.15, 0.2) is 0 Å². The molecule has 0 N–H and O–H groups in total. The van der Waals surface area contributed by atoms with Crippen molar-refractivity contribution in [2.75, 3.05) is 37.6 Å². The molecule has 4 aliphatic rings. The van der Waals surface area contributed by atoms with Crippen LogP contribution in [0.2, 0.25) is 0 Å². The van der Waals surface area contributed by atoms with Crippen LogP contribution in [0.4, 0.5) is 10.1 Å². The molecule has 124 valence electrons. The molecule has 0 unspecified atom stereocenters. The maximum atomic E-state index is 13.9. The van der Waals surface area contributed by atoms with Crippen molar-refractivity contribution >= 4 is 5.69 Å². The minimum absolute atomic E-state index is 0.0989. The van der Waals surface area contributed by atoms with Crippen LogP contribution in [0.5, 0.6) is 0 Å². The summed E-state index contributed by atoms with van der Waals surface area (Å²) in [6.07, 6.45) is 5.18. The van der Waals surface area contributed by atoms with E-state index in [9.17, 15) is 4.39 Å². The highest BCUT2D eigenvalue weighted by Gasteiger charge is 2.51. The molecular weight excluding hydrogens is 287 g/mol. The Labute approximate surface area is 139 Å². The first-order valence-electron chi connectivity index (χ1n) is 8.96. The fraction of sp³-hybridized carbons (Fsp3) is 0.600. The average Bonchev–Trinajstić information content (AvgIpc) is 2.56. The molecule has 1 aliphatic heterocycles. The van der Waals surface area contributed by atoms with E-state index in [0.29, 0.717) is 5.41 Å². The zero-order valence-electron chi connectivity index (χ0n) is 14.3. The van der Waals surface area contributed by atoms with E-state index in [0.717, 1.165) is 50.2 Å². The SMILES string of the molecule is CC1(C)[C@H]2CC=C(CN3CCN(c4ccccc4F)CC3)[C@@H]1C2. The van der Waals surface area contributed by atoms with Gasteiger partial charge in [0, 0.05) is 32.7 Å². The third-order valence-corrected chi connectivity index (χ3v) is 6.55. The van der Waals surface area contributed by atoms with Crippen molar-refractivity contribution in [3.63, 3.8) is 0 Å². The number of rotatable bonds is 3. The van der Waals surface area contributed by atoms with Crippen molar-refractivity contribution in [3.05, 3.63) is 41.7 Å². The Kier molecular flexibility index (Phi) is 3.72. The van der Waals surface area contributed by atoms with Crippen LogP contribution in [-0.2, 0) is 0 Å². The van der Waals surface area contributed by atoms with Gasteiger partial charge in [0.05, 0.1) is 5.69 Å². The second-order valence-corrected chi connectivity index (χ2v) is 8.04. The molecule has 1 heterocycles. The number of hydrogen-bond acceptors (Lipinski definition) is 2. The molecular formula is C20H27FN2. The molecule has 5 rings (SSSR count). The Bertz CT molecular complexity index is 614. The van der Waals surface area contributed by atoms with Crippen molar-refractivity contribution in [1.82, 2.24) is 4.90 Å². The summed E-state index contributed by atoms with van der Waals surface area (Å²) >= 11 is 0. The molecule has 1 aromatic carbocycles. The van der Waals surface area contributed by atoms with E-state index in [2.05, 4.69) is 29.7 Å². The molecule has 23 heavy (non-hydrogen) atoms. The summed E-state index contributed by atoms with van der Waals surface area (Å²) in [4.78, 5) is 4.74. The molecule has 3 heteroatoms. The van der Waals surface area contributed by atoms with Crippen molar-refractivity contribution in [3.8, 4) is 0 Å². The molecule has 2 atom stereocenters. The van der Waals surface area contributed by atoms with Gasteiger partial charge in [-0.3, -0.25) is 4.90 Å². The zero-order chi connectivity index (χ0) is 16.0. The smallest absolute Gasteiger partial charge is 0.146 e. The lowest BCUT2D eigenvalue weighted by Crippen LogP contribution is -2.52. The van der Waals surface area contributed by atoms with Gasteiger partial charge in [0.1, 0.15) is 5.82 Å². The van der Waals surface area contributed by atoms with Crippen LogP contribution in [-0.4, -0.2) is 37.6 Å². The van der Waals surface area contributed by atoms with Gasteiger partial charge in [0.2, 0.25) is 0 Å². The Hall–Kier alpha value is -1.35. The normalized spacial score (nSPS) is 29.9. The van der Waals surface area contributed by atoms with Gasteiger partial charge in [-0.1, -0.05) is 37.6 Å². The molecule has 2 bridgehead atoms. The number of fused-ring (bicyclic) bond motifs is 1. The van der Waals surface area contributed by atoms with Crippen LogP contribution >= 0.6 is 0 Å². The predicted molar refractivity (Wildman–Crippen MR) is 93.1 cm³/mol. The number of piperazine rings is 1. The summed E-state index contributed by atoms with van der Waals surface area (Å²) in [5, 5.41) is 0. The fourth-order valence-corrected chi connectivity index (χ4v) is 4.77. The van der Waals surface area contributed by atoms with Crippen LogP contribution in [0.1, 0.15) is 26.7 Å². The topological polar surface area (TPSA) is 6.48 Å². The maximum Gasteiger partial charge on any atom is 0.146 e. The summed E-state index contributed by atoms with van der Waals surface area (Å²) in [5.41, 5.74) is 2.93. The molecule has 2 nitrogen and oxygen atoms in total. The highest BCUT2D eigenvalue weighted by Crippen LogP contribution is 2.59. The Morgan fingerprint density at radius 3 is 2.52 bits per heavy atom. The number of allylic oxidation sites excluding steroid dienone is 1. The van der Waals surface area contributed by atoms with E-state index in [4.69, 9.17) is 0 Å². The van der Waals surface area contributed by atoms with Gasteiger partial charge >= 0.3 is 0 Å². The van der Waals surface area contributed by atoms with E-state index >= 15 is 0 Å². The first kappa shape index (κ1) is 15.2. The fourth-order valence-electron chi connectivity index (χ4n) is 4.77. The minimum Gasteiger partial charge on any atom is -0.367 e. The van der Waals surface area contributed by atoms with E-state index in [1.807, 2.05) is 12.1 Å². The van der Waals surface area contributed by atoms with Crippen LogP contribution < -0.4 is 4.90 Å². The second kappa shape index (κ2) is 5.62. The molecule has 0 aromatic heterocycles. The number of para-hydroxylation sites is 1. The minimum atomic E-state index is -0.0989. The molecule has 1 saturated carbocycles. The lowest BCUT2D eigenvalue weighted by molar-refractivity contribution is -0.0107. The predicted octanol–water partition coefficient (Wildman–Crippen LogP) is 3.94. The molecule has 3 aliphatic carbocycles. The van der Waals surface area contributed by atoms with E-state index in [1.54, 1.807) is 17.7 Å². The lowest BCUT2D eigenvalue weighted by Gasteiger charge is -2.57. The number of hydrogen-bond donors (Lipinski definition) is 0. The molecule has 1 saturated heterocycles. The summed E-state index contributed by atoms with van der Waals surface area (Å²) < 4.78 is 13.9. The van der Waals surface area contributed by atoms with Crippen molar-refractivity contribution in [2.45, 2.75) is 26.7 Å². The van der Waals surface area contributed by atoms with Crippen LogP contribution in [0.25, 0.3) is 0 Å². The van der Waals surface area contributed by atoms with E-state index < -0.39 is 0 Å². The number of anilines is 1. The molecule has 0 radical (unpaired) electrons. The highest BCUT2D eigenvalue weighted by molar-refractivity contribution is 5.48. The van der Waals surface area contributed by atoms with Crippen LogP contribution in [0, 0.1) is 23.1 Å². The summed E-state index contributed by atoms with van der Waals surface area (Å²) in [6, 6.07) is 7.14. The molecule has 0 spiro atoms. The first-order valence-corrected chi connectivity index (χ1v) is 8.96. The number of nitrogens with zero attached hydrogens (tertiary/aromatic N) is 2. The standard InChI is InChI=1S/C20H27FN2/c1-20(2)16-8-7-15(17(20)13-16)14-22-9-11-23(12-10-22)19-6-4-3-5-18(19)21/h3-7,16-17H,8-14H2,1-2H3/t16-,17-/m0/s1. The summed E-state index contributed by atoms with van der Waals surface area (Å²) in [5.74, 6) is 1.61. The first-order chi connectivity index (χ1) is 11.1. The quantitative estimate of drug-likeness (QED) is 0.780. The Balaban J connectivity index is 1.36. The Morgan fingerprint density at radius 2 is 1.87 bits per heavy atom. The number of benzene rings is 1. The van der Waals surface area contributed by atoms with Crippen LogP contribution in [0.15, 0.2) is 35.9 Å².